The predicted molar refractivity (Wildman–Crippen MR) is 80.8 cm³/mol. The third kappa shape index (κ3) is 2.67. The van der Waals surface area contributed by atoms with Crippen LogP contribution in [-0.2, 0) is 0 Å². The van der Waals surface area contributed by atoms with Crippen molar-refractivity contribution in [2.45, 2.75) is 50.7 Å². The molecule has 0 spiro atoms. The molecule has 0 saturated carbocycles. The topological polar surface area (TPSA) is 75.5 Å². The average Bonchev–Trinajstić information content (AvgIpc) is 3.00. The highest BCUT2D eigenvalue weighted by atomic mass is 32.1. The molecule has 1 aromatic heterocycles. The van der Waals surface area contributed by atoms with Gasteiger partial charge in [-0.3, -0.25) is 14.9 Å². The smallest absolute Gasteiger partial charge is 0.283 e. The van der Waals surface area contributed by atoms with Crippen LogP contribution in [0.4, 0.5) is 5.69 Å². The molecule has 2 fully saturated rings. The van der Waals surface area contributed by atoms with Gasteiger partial charge in [0.2, 0.25) is 0 Å². The second-order valence-corrected chi connectivity index (χ2v) is 7.24. The molecule has 114 valence electrons. The second kappa shape index (κ2) is 5.38. The lowest BCUT2D eigenvalue weighted by Gasteiger charge is -2.35. The Hall–Kier alpha value is -1.47. The first-order valence-corrected chi connectivity index (χ1v) is 8.05. The van der Waals surface area contributed by atoms with Crippen LogP contribution in [0.5, 0.6) is 0 Å². The van der Waals surface area contributed by atoms with E-state index in [0.29, 0.717) is 21.8 Å². The Balaban J connectivity index is 1.75. The molecule has 2 unspecified atom stereocenters. The minimum Gasteiger partial charge on any atom is -0.338 e. The fourth-order valence-electron chi connectivity index (χ4n) is 3.44. The number of hydrogen-bond donors (Lipinski definition) is 1. The van der Waals surface area contributed by atoms with E-state index in [4.69, 9.17) is 0 Å². The van der Waals surface area contributed by atoms with Crippen LogP contribution in [0, 0.1) is 17.0 Å². The molecule has 6 nitrogen and oxygen atoms in total. The molecule has 7 heteroatoms. The molecule has 3 rings (SSSR count). The minimum atomic E-state index is -0.423. The Kier molecular flexibility index (Phi) is 3.71. The quantitative estimate of drug-likeness (QED) is 0.687. The van der Waals surface area contributed by atoms with Crippen LogP contribution in [0.15, 0.2) is 6.07 Å². The molecule has 2 aliphatic rings. The molecule has 1 aromatic rings. The monoisotopic (exact) mass is 309 g/mol. The maximum Gasteiger partial charge on any atom is 0.283 e. The van der Waals surface area contributed by atoms with Gasteiger partial charge in [0.05, 0.1) is 14.7 Å². The maximum absolute atomic E-state index is 12.6. The molecule has 0 radical (unpaired) electrons. The van der Waals surface area contributed by atoms with E-state index in [1.165, 1.54) is 30.2 Å². The summed E-state index contributed by atoms with van der Waals surface area (Å²) >= 11 is 1.21. The third-order valence-corrected chi connectivity index (χ3v) is 5.64. The summed E-state index contributed by atoms with van der Waals surface area (Å²) in [5, 5.41) is 14.5. The van der Waals surface area contributed by atoms with Gasteiger partial charge < -0.3 is 10.2 Å². The molecular weight excluding hydrogens is 290 g/mol. The normalized spacial score (nSPS) is 27.6. The highest BCUT2D eigenvalue weighted by Gasteiger charge is 2.37. The number of hydrogen-bond acceptors (Lipinski definition) is 5. The zero-order chi connectivity index (χ0) is 15.1. The Bertz CT molecular complexity index is 574. The number of carbonyl (C=O) groups excluding carboxylic acids is 1. The van der Waals surface area contributed by atoms with Gasteiger partial charge >= 0.3 is 0 Å². The summed E-state index contributed by atoms with van der Waals surface area (Å²) in [6, 6.07) is 2.68. The van der Waals surface area contributed by atoms with Crippen molar-refractivity contribution >= 4 is 22.9 Å². The van der Waals surface area contributed by atoms with Gasteiger partial charge in [-0.05, 0) is 32.6 Å². The number of fused-ring (bicyclic) bond motifs is 2. The summed E-state index contributed by atoms with van der Waals surface area (Å²) in [5.41, 5.74) is 0.0436. The second-order valence-electron chi connectivity index (χ2n) is 5.99. The SMILES string of the molecule is Cc1sc(C(=O)N(C)C2CC3CCC(C2)N3)cc1[N+](=O)[O-]. The van der Waals surface area contributed by atoms with Crippen molar-refractivity contribution in [3.05, 3.63) is 25.9 Å². The van der Waals surface area contributed by atoms with E-state index < -0.39 is 4.92 Å². The van der Waals surface area contributed by atoms with E-state index in [0.717, 1.165) is 12.8 Å². The van der Waals surface area contributed by atoms with E-state index in [9.17, 15) is 14.9 Å². The zero-order valence-electron chi connectivity index (χ0n) is 12.2. The van der Waals surface area contributed by atoms with Crippen molar-refractivity contribution in [1.29, 1.82) is 0 Å². The van der Waals surface area contributed by atoms with Crippen LogP contribution < -0.4 is 5.32 Å². The Morgan fingerprint density at radius 2 is 2.05 bits per heavy atom. The molecular formula is C14H19N3O3S. The van der Waals surface area contributed by atoms with Crippen molar-refractivity contribution in [2.24, 2.45) is 0 Å². The maximum atomic E-state index is 12.6. The lowest BCUT2D eigenvalue weighted by atomic mass is 9.98. The fraction of sp³-hybridized carbons (Fsp3) is 0.643. The van der Waals surface area contributed by atoms with Gasteiger partial charge in [-0.1, -0.05) is 0 Å². The number of rotatable bonds is 3. The van der Waals surface area contributed by atoms with Gasteiger partial charge in [-0.2, -0.15) is 0 Å². The fourth-order valence-corrected chi connectivity index (χ4v) is 4.41. The molecule has 1 N–H and O–H groups in total. The van der Waals surface area contributed by atoms with E-state index in [2.05, 4.69) is 5.32 Å². The summed E-state index contributed by atoms with van der Waals surface area (Å²) in [4.78, 5) is 25.9. The van der Waals surface area contributed by atoms with Crippen molar-refractivity contribution in [1.82, 2.24) is 10.2 Å². The van der Waals surface area contributed by atoms with E-state index in [1.54, 1.807) is 11.8 Å². The first-order chi connectivity index (χ1) is 9.95. The van der Waals surface area contributed by atoms with E-state index in [-0.39, 0.29) is 17.6 Å². The molecule has 0 aromatic carbocycles. The van der Waals surface area contributed by atoms with E-state index in [1.807, 2.05) is 7.05 Å². The summed E-state index contributed by atoms with van der Waals surface area (Å²) in [7, 11) is 1.82. The first kappa shape index (κ1) is 14.5. The molecule has 2 saturated heterocycles. The Morgan fingerprint density at radius 1 is 1.43 bits per heavy atom. The van der Waals surface area contributed by atoms with Crippen molar-refractivity contribution in [2.75, 3.05) is 7.05 Å². The number of aryl methyl sites for hydroxylation is 1. The third-order valence-electron chi connectivity index (χ3n) is 4.62. The van der Waals surface area contributed by atoms with Crippen molar-refractivity contribution in [3.8, 4) is 0 Å². The lowest BCUT2D eigenvalue weighted by molar-refractivity contribution is -0.385. The number of nitrogens with zero attached hydrogens (tertiary/aromatic N) is 2. The highest BCUT2D eigenvalue weighted by molar-refractivity contribution is 7.14. The number of nitrogens with one attached hydrogen (secondary N) is 1. The van der Waals surface area contributed by atoms with Crippen LogP contribution in [-0.4, -0.2) is 40.9 Å². The molecule has 2 atom stereocenters. The van der Waals surface area contributed by atoms with Crippen LogP contribution in [0.25, 0.3) is 0 Å². The number of carbonyl (C=O) groups is 1. The first-order valence-electron chi connectivity index (χ1n) is 7.23. The summed E-state index contributed by atoms with van der Waals surface area (Å²) < 4.78 is 0. The summed E-state index contributed by atoms with van der Waals surface area (Å²) in [5.74, 6) is -0.0949. The highest BCUT2D eigenvalue weighted by Crippen LogP contribution is 2.32. The van der Waals surface area contributed by atoms with Crippen LogP contribution in [0.1, 0.15) is 40.2 Å². The molecule has 2 bridgehead atoms. The standard InChI is InChI=1S/C14H19N3O3S/c1-8-12(17(19)20)7-13(21-8)14(18)16(2)11-5-9-3-4-10(6-11)15-9/h7,9-11,15H,3-6H2,1-2H3. The summed E-state index contributed by atoms with van der Waals surface area (Å²) in [6.07, 6.45) is 4.33. The van der Waals surface area contributed by atoms with Gasteiger partial charge in [-0.25, -0.2) is 0 Å². The van der Waals surface area contributed by atoms with Crippen LogP contribution >= 0.6 is 11.3 Å². The largest absolute Gasteiger partial charge is 0.338 e. The van der Waals surface area contributed by atoms with Crippen LogP contribution in [0.3, 0.4) is 0 Å². The lowest BCUT2D eigenvalue weighted by Crippen LogP contribution is -2.48. The number of thiophene rings is 1. The molecule has 2 aliphatic heterocycles. The Morgan fingerprint density at radius 3 is 2.57 bits per heavy atom. The number of nitro groups is 1. The van der Waals surface area contributed by atoms with Gasteiger partial charge in [0.1, 0.15) is 0 Å². The van der Waals surface area contributed by atoms with Gasteiger partial charge in [0, 0.05) is 31.2 Å². The molecule has 1 amide bonds. The Labute approximate surface area is 127 Å². The molecule has 21 heavy (non-hydrogen) atoms. The molecule has 0 aliphatic carbocycles. The van der Waals surface area contributed by atoms with Gasteiger partial charge in [0.15, 0.2) is 0 Å². The molecule has 3 heterocycles. The average molecular weight is 309 g/mol. The predicted octanol–water partition coefficient (Wildman–Crippen LogP) is 2.32. The number of amides is 1. The zero-order valence-corrected chi connectivity index (χ0v) is 13.0. The van der Waals surface area contributed by atoms with Gasteiger partial charge in [0.25, 0.3) is 11.6 Å². The van der Waals surface area contributed by atoms with Crippen LogP contribution in [0.2, 0.25) is 0 Å². The van der Waals surface area contributed by atoms with E-state index >= 15 is 0 Å². The van der Waals surface area contributed by atoms with Gasteiger partial charge in [-0.15, -0.1) is 11.3 Å². The van der Waals surface area contributed by atoms with Crippen molar-refractivity contribution in [3.63, 3.8) is 0 Å². The summed E-state index contributed by atoms with van der Waals surface area (Å²) in [6.45, 7) is 1.68. The number of piperidine rings is 1. The van der Waals surface area contributed by atoms with Crippen molar-refractivity contribution < 1.29 is 9.72 Å². The minimum absolute atomic E-state index is 0.0436.